The number of aliphatic hydroxyl groups is 1. The van der Waals surface area contributed by atoms with Gasteiger partial charge in [0.1, 0.15) is 6.07 Å². The number of carbonyl (C=O) groups excluding carboxylic acids is 2. The molecule has 142 valence electrons. The third kappa shape index (κ3) is 5.40. The molecule has 0 aliphatic carbocycles. The van der Waals surface area contributed by atoms with Gasteiger partial charge in [0.2, 0.25) is 5.60 Å². The molecule has 1 atom stereocenters. The van der Waals surface area contributed by atoms with Crippen LogP contribution in [0.2, 0.25) is 0 Å². The molecule has 1 rings (SSSR count). The zero-order valence-electron chi connectivity index (χ0n) is 13.9. The van der Waals surface area contributed by atoms with Gasteiger partial charge in [-0.1, -0.05) is 0 Å². The summed E-state index contributed by atoms with van der Waals surface area (Å²) < 4.78 is 48.1. The fourth-order valence-corrected chi connectivity index (χ4v) is 1.69. The summed E-state index contributed by atoms with van der Waals surface area (Å²) in [5, 5.41) is 20.6. The van der Waals surface area contributed by atoms with Crippen LogP contribution < -0.4 is 5.32 Å². The van der Waals surface area contributed by atoms with Crippen LogP contribution in [0.25, 0.3) is 0 Å². The number of anilines is 1. The largest absolute Gasteiger partial charge is 0.463 e. The number of nitriles is 1. The minimum Gasteiger partial charge on any atom is -0.463 e. The molecule has 0 aliphatic rings. The Morgan fingerprint density at radius 3 is 2.58 bits per heavy atom. The smallest absolute Gasteiger partial charge is 0.419 e. The monoisotopic (exact) mass is 375 g/mol. The van der Waals surface area contributed by atoms with Gasteiger partial charge in [0.05, 0.1) is 24.1 Å². The van der Waals surface area contributed by atoms with Crippen LogP contribution in [0.1, 0.15) is 24.6 Å². The molecule has 11 heteroatoms. The molecular weight excluding hydrogens is 359 g/mol. The third-order valence-electron chi connectivity index (χ3n) is 3.12. The van der Waals surface area contributed by atoms with E-state index in [4.69, 9.17) is 14.7 Å². The van der Waals surface area contributed by atoms with Crippen molar-refractivity contribution >= 4 is 17.6 Å². The van der Waals surface area contributed by atoms with Crippen LogP contribution in [-0.2, 0) is 25.2 Å². The first-order valence-corrected chi connectivity index (χ1v) is 7.21. The number of ether oxygens (including phenoxy) is 2. The van der Waals surface area contributed by atoms with Gasteiger partial charge in [-0.25, -0.2) is 9.78 Å². The summed E-state index contributed by atoms with van der Waals surface area (Å²) >= 11 is 0. The topological polar surface area (TPSA) is 122 Å². The van der Waals surface area contributed by atoms with Gasteiger partial charge < -0.3 is 19.9 Å². The molecule has 0 aliphatic heterocycles. The molecule has 0 aromatic carbocycles. The predicted molar refractivity (Wildman–Crippen MR) is 80.7 cm³/mol. The Balaban J connectivity index is 2.89. The van der Waals surface area contributed by atoms with Crippen molar-refractivity contribution in [1.29, 1.82) is 5.26 Å². The second-order valence-electron chi connectivity index (χ2n) is 5.24. The SMILES string of the molecule is COCCCOC(=O)C(C)(O)C(=O)Nc1cnc(C#N)c(C(F)(F)F)c1. The number of pyridine rings is 1. The molecule has 2 N–H and O–H groups in total. The Morgan fingerprint density at radius 1 is 1.38 bits per heavy atom. The van der Waals surface area contributed by atoms with E-state index in [2.05, 4.69) is 4.98 Å². The summed E-state index contributed by atoms with van der Waals surface area (Å²) in [5.41, 5.74) is -5.33. The Bertz CT molecular complexity index is 713. The van der Waals surface area contributed by atoms with Gasteiger partial charge in [-0.3, -0.25) is 4.79 Å². The predicted octanol–water partition coefficient (Wildman–Crippen LogP) is 1.24. The summed E-state index contributed by atoms with van der Waals surface area (Å²) in [4.78, 5) is 27.1. The summed E-state index contributed by atoms with van der Waals surface area (Å²) in [7, 11) is 1.44. The lowest BCUT2D eigenvalue weighted by molar-refractivity contribution is -0.167. The maximum absolute atomic E-state index is 12.9. The van der Waals surface area contributed by atoms with Crippen molar-refractivity contribution in [3.05, 3.63) is 23.5 Å². The van der Waals surface area contributed by atoms with Crippen LogP contribution in [-0.4, -0.2) is 47.9 Å². The third-order valence-corrected chi connectivity index (χ3v) is 3.12. The van der Waals surface area contributed by atoms with Gasteiger partial charge in [-0.05, 0) is 13.0 Å². The number of alkyl halides is 3. The summed E-state index contributed by atoms with van der Waals surface area (Å²) in [6, 6.07) is 1.76. The van der Waals surface area contributed by atoms with Gasteiger partial charge in [-0.2, -0.15) is 18.4 Å². The number of methoxy groups -OCH3 is 1. The van der Waals surface area contributed by atoms with Gasteiger partial charge in [0.15, 0.2) is 5.69 Å². The number of carbonyl (C=O) groups is 2. The molecule has 1 aromatic heterocycles. The number of amides is 1. The van der Waals surface area contributed by atoms with Gasteiger partial charge >= 0.3 is 12.1 Å². The maximum Gasteiger partial charge on any atom is 0.419 e. The minimum absolute atomic E-state index is 0.118. The average Bonchev–Trinajstić information content (AvgIpc) is 2.57. The number of aromatic nitrogens is 1. The molecular formula is C15H16F3N3O5. The van der Waals surface area contributed by atoms with Gasteiger partial charge in [0.25, 0.3) is 5.91 Å². The standard InChI is InChI=1S/C15H16F3N3O5/c1-14(24,13(23)26-5-3-4-25-2)12(22)21-9-6-10(15(16,17)18)11(7-19)20-8-9/h6,8,24H,3-5H2,1-2H3,(H,21,22). The van der Waals surface area contributed by atoms with E-state index in [1.807, 2.05) is 5.32 Å². The van der Waals surface area contributed by atoms with E-state index in [0.29, 0.717) is 19.1 Å². The molecule has 0 saturated heterocycles. The number of nitrogens with zero attached hydrogens (tertiary/aromatic N) is 2. The van der Waals surface area contributed by atoms with E-state index in [1.165, 1.54) is 13.2 Å². The number of halogens is 3. The van der Waals surface area contributed by atoms with Crippen molar-refractivity contribution in [3.8, 4) is 6.07 Å². The van der Waals surface area contributed by atoms with Crippen molar-refractivity contribution in [1.82, 2.24) is 4.98 Å². The molecule has 0 radical (unpaired) electrons. The second kappa shape index (κ2) is 8.59. The zero-order chi connectivity index (χ0) is 20.0. The summed E-state index contributed by atoms with van der Waals surface area (Å²) in [5.74, 6) is -2.59. The van der Waals surface area contributed by atoms with Gasteiger partial charge in [-0.15, -0.1) is 0 Å². The average molecular weight is 375 g/mol. The lowest BCUT2D eigenvalue weighted by Crippen LogP contribution is -2.48. The van der Waals surface area contributed by atoms with Crippen LogP contribution in [0.5, 0.6) is 0 Å². The Kier molecular flexibility index (Phi) is 7.05. The lowest BCUT2D eigenvalue weighted by atomic mass is 10.1. The molecule has 1 unspecified atom stereocenters. The van der Waals surface area contributed by atoms with E-state index in [9.17, 15) is 27.9 Å². The highest BCUT2D eigenvalue weighted by Crippen LogP contribution is 2.32. The fourth-order valence-electron chi connectivity index (χ4n) is 1.69. The van der Waals surface area contributed by atoms with Crippen molar-refractivity contribution in [2.45, 2.75) is 25.1 Å². The van der Waals surface area contributed by atoms with Crippen molar-refractivity contribution < 1.29 is 37.3 Å². The molecule has 1 aromatic rings. The molecule has 8 nitrogen and oxygen atoms in total. The highest BCUT2D eigenvalue weighted by atomic mass is 19.4. The number of esters is 1. The molecule has 0 spiro atoms. The Hall–Kier alpha value is -2.71. The van der Waals surface area contributed by atoms with Crippen molar-refractivity contribution in [3.63, 3.8) is 0 Å². The van der Waals surface area contributed by atoms with Crippen molar-refractivity contribution in [2.24, 2.45) is 0 Å². The van der Waals surface area contributed by atoms with Crippen LogP contribution in [0.15, 0.2) is 12.3 Å². The first-order chi connectivity index (χ1) is 12.0. The highest BCUT2D eigenvalue weighted by molar-refractivity contribution is 6.11. The molecule has 0 saturated carbocycles. The minimum atomic E-state index is -4.87. The fraction of sp³-hybridized carbons (Fsp3) is 0.467. The first kappa shape index (κ1) is 21.3. The number of hydrogen-bond donors (Lipinski definition) is 2. The molecule has 0 fully saturated rings. The van der Waals surface area contributed by atoms with Gasteiger partial charge in [0, 0.05) is 20.1 Å². The number of nitrogens with one attached hydrogen (secondary N) is 1. The zero-order valence-corrected chi connectivity index (χ0v) is 13.9. The molecule has 26 heavy (non-hydrogen) atoms. The van der Waals surface area contributed by atoms with Crippen LogP contribution in [0.3, 0.4) is 0 Å². The Labute approximate surface area is 146 Å². The molecule has 0 bridgehead atoms. The maximum atomic E-state index is 12.9. The van der Waals surface area contributed by atoms with Crippen molar-refractivity contribution in [2.75, 3.05) is 25.6 Å². The normalized spacial score (nSPS) is 13.4. The van der Waals surface area contributed by atoms with E-state index < -0.39 is 40.6 Å². The molecule has 1 heterocycles. The quantitative estimate of drug-likeness (QED) is 0.418. The summed E-state index contributed by atoms with van der Waals surface area (Å²) in [6.07, 6.45) is -3.75. The Morgan fingerprint density at radius 2 is 2.04 bits per heavy atom. The first-order valence-electron chi connectivity index (χ1n) is 7.21. The van der Waals surface area contributed by atoms with Crippen LogP contribution >= 0.6 is 0 Å². The highest BCUT2D eigenvalue weighted by Gasteiger charge is 2.41. The van der Waals surface area contributed by atoms with E-state index >= 15 is 0 Å². The number of hydrogen-bond acceptors (Lipinski definition) is 7. The van der Waals surface area contributed by atoms with E-state index in [0.717, 1.165) is 13.1 Å². The van der Waals surface area contributed by atoms with E-state index in [-0.39, 0.29) is 6.61 Å². The lowest BCUT2D eigenvalue weighted by Gasteiger charge is -2.20. The second-order valence-corrected chi connectivity index (χ2v) is 5.24. The van der Waals surface area contributed by atoms with Crippen LogP contribution in [0.4, 0.5) is 18.9 Å². The van der Waals surface area contributed by atoms with E-state index in [1.54, 1.807) is 0 Å². The summed E-state index contributed by atoms with van der Waals surface area (Å²) in [6.45, 7) is 1.01. The number of rotatable bonds is 7. The van der Waals surface area contributed by atoms with Crippen LogP contribution in [0, 0.1) is 11.3 Å². The molecule has 1 amide bonds.